The molecule has 0 spiro atoms. The van der Waals surface area contributed by atoms with Crippen molar-refractivity contribution in [3.63, 3.8) is 0 Å². The number of piperidine rings is 1. The molecule has 1 saturated heterocycles. The Kier molecular flexibility index (Phi) is 5.88. The smallest absolute Gasteiger partial charge is 0.271 e. The highest BCUT2D eigenvalue weighted by atomic mass is 35.5. The van der Waals surface area contributed by atoms with Crippen molar-refractivity contribution >= 4 is 48.7 Å². The van der Waals surface area contributed by atoms with E-state index in [9.17, 15) is 16.8 Å². The predicted molar refractivity (Wildman–Crippen MR) is 108 cm³/mol. The summed E-state index contributed by atoms with van der Waals surface area (Å²) in [5.74, 6) is 0. The molecule has 1 N–H and O–H groups in total. The van der Waals surface area contributed by atoms with Crippen LogP contribution in [0.1, 0.15) is 33.1 Å². The third-order valence-corrected chi connectivity index (χ3v) is 9.86. The van der Waals surface area contributed by atoms with Crippen LogP contribution in [0.25, 0.3) is 0 Å². The van der Waals surface area contributed by atoms with Crippen molar-refractivity contribution in [3.05, 3.63) is 40.7 Å². The number of rotatable bonds is 5. The van der Waals surface area contributed by atoms with Gasteiger partial charge in [-0.25, -0.2) is 16.8 Å². The molecule has 3 rings (SSSR count). The van der Waals surface area contributed by atoms with Gasteiger partial charge in [-0.05, 0) is 63.1 Å². The second kappa shape index (κ2) is 7.71. The molecule has 27 heavy (non-hydrogen) atoms. The number of hydrogen-bond acceptors (Lipinski definition) is 5. The van der Waals surface area contributed by atoms with E-state index in [-0.39, 0.29) is 21.2 Å². The van der Waals surface area contributed by atoms with Gasteiger partial charge in [0.2, 0.25) is 10.0 Å². The van der Waals surface area contributed by atoms with E-state index in [1.807, 2.05) is 13.8 Å². The van der Waals surface area contributed by atoms with Gasteiger partial charge >= 0.3 is 0 Å². The van der Waals surface area contributed by atoms with Crippen LogP contribution >= 0.6 is 22.9 Å². The summed E-state index contributed by atoms with van der Waals surface area (Å²) in [7, 11) is -7.38. The number of halogens is 1. The first-order valence-electron chi connectivity index (χ1n) is 8.53. The molecule has 1 aliphatic rings. The van der Waals surface area contributed by atoms with Crippen LogP contribution in [0, 0.1) is 0 Å². The van der Waals surface area contributed by atoms with Crippen LogP contribution in [0.4, 0.5) is 5.69 Å². The summed E-state index contributed by atoms with van der Waals surface area (Å²) in [4.78, 5) is 0.158. The zero-order valence-corrected chi connectivity index (χ0v) is 18.1. The van der Waals surface area contributed by atoms with E-state index >= 15 is 0 Å². The molecular formula is C17H21ClN2O4S3. The molecule has 0 aliphatic carbocycles. The fourth-order valence-electron chi connectivity index (χ4n) is 3.34. The van der Waals surface area contributed by atoms with Gasteiger partial charge in [-0.2, -0.15) is 4.31 Å². The summed E-state index contributed by atoms with van der Waals surface area (Å²) < 4.78 is 55.2. The quantitative estimate of drug-likeness (QED) is 0.744. The molecule has 2 aromatic rings. The van der Waals surface area contributed by atoms with Crippen LogP contribution in [0.2, 0.25) is 4.34 Å². The first-order valence-corrected chi connectivity index (χ1v) is 12.6. The molecular weight excluding hydrogens is 428 g/mol. The Hall–Kier alpha value is -1.13. The molecule has 1 aliphatic heterocycles. The molecule has 0 unspecified atom stereocenters. The van der Waals surface area contributed by atoms with E-state index in [2.05, 4.69) is 4.72 Å². The highest BCUT2D eigenvalue weighted by Gasteiger charge is 2.35. The van der Waals surface area contributed by atoms with Gasteiger partial charge in [0.25, 0.3) is 10.0 Å². The zero-order valence-electron chi connectivity index (χ0n) is 14.9. The summed E-state index contributed by atoms with van der Waals surface area (Å²) >= 11 is 6.75. The Labute approximate surface area is 169 Å². The van der Waals surface area contributed by atoms with Crippen LogP contribution in [0.5, 0.6) is 0 Å². The van der Waals surface area contributed by atoms with Gasteiger partial charge in [-0.1, -0.05) is 18.0 Å². The predicted octanol–water partition coefficient (Wildman–Crippen LogP) is 4.15. The summed E-state index contributed by atoms with van der Waals surface area (Å²) in [6.45, 7) is 3.84. The lowest BCUT2D eigenvalue weighted by Gasteiger charge is -2.37. The Morgan fingerprint density at radius 3 is 2.11 bits per heavy atom. The zero-order chi connectivity index (χ0) is 19.8. The lowest BCUT2D eigenvalue weighted by molar-refractivity contribution is 0.204. The minimum absolute atomic E-state index is 0.0551. The molecule has 6 nitrogen and oxygen atoms in total. The fraction of sp³-hybridized carbons (Fsp3) is 0.412. The molecule has 0 bridgehead atoms. The van der Waals surface area contributed by atoms with Crippen molar-refractivity contribution in [1.82, 2.24) is 4.31 Å². The lowest BCUT2D eigenvalue weighted by atomic mass is 10.0. The maximum Gasteiger partial charge on any atom is 0.271 e. The number of thiophene rings is 1. The van der Waals surface area contributed by atoms with Crippen molar-refractivity contribution in [3.8, 4) is 0 Å². The number of sulfonamides is 2. The van der Waals surface area contributed by atoms with Crippen LogP contribution in [-0.2, 0) is 20.0 Å². The molecule has 0 radical (unpaired) electrons. The van der Waals surface area contributed by atoms with Gasteiger partial charge in [-0.3, -0.25) is 4.72 Å². The molecule has 148 valence electrons. The van der Waals surface area contributed by atoms with Crippen molar-refractivity contribution in [2.24, 2.45) is 0 Å². The normalized spacial score (nSPS) is 21.9. The maximum absolute atomic E-state index is 13.0. The third kappa shape index (κ3) is 4.32. The van der Waals surface area contributed by atoms with Crippen molar-refractivity contribution < 1.29 is 16.8 Å². The fourth-order valence-corrected chi connectivity index (χ4v) is 7.76. The third-order valence-electron chi connectivity index (χ3n) is 4.61. The van der Waals surface area contributed by atoms with Gasteiger partial charge in [0.05, 0.1) is 9.23 Å². The minimum Gasteiger partial charge on any atom is -0.279 e. The molecule has 1 aromatic heterocycles. The van der Waals surface area contributed by atoms with Crippen molar-refractivity contribution in [1.29, 1.82) is 0 Å². The van der Waals surface area contributed by atoms with E-state index in [0.29, 0.717) is 10.0 Å². The summed E-state index contributed by atoms with van der Waals surface area (Å²) in [5.41, 5.74) is 0.290. The number of hydrogen-bond donors (Lipinski definition) is 1. The molecule has 1 fully saturated rings. The maximum atomic E-state index is 13.0. The van der Waals surface area contributed by atoms with Crippen LogP contribution in [0.3, 0.4) is 0 Å². The van der Waals surface area contributed by atoms with E-state index in [1.165, 1.54) is 36.4 Å². The standard InChI is InChI=1S/C17H21ClN2O4S3/c1-12-4-3-5-13(2)20(12)27(23,24)15-8-6-14(7-9-15)19-26(21,22)17-11-10-16(18)25-17/h6-13,19H,3-5H2,1-2H3/t12-,13-/m1/s1. The number of anilines is 1. The molecule has 2 atom stereocenters. The topological polar surface area (TPSA) is 83.6 Å². The number of nitrogens with zero attached hydrogens (tertiary/aromatic N) is 1. The van der Waals surface area contributed by atoms with E-state index < -0.39 is 20.0 Å². The second-order valence-corrected chi connectivity index (χ2v) is 12.1. The monoisotopic (exact) mass is 448 g/mol. The molecule has 0 saturated carbocycles. The molecule has 0 amide bonds. The minimum atomic E-state index is -3.75. The van der Waals surface area contributed by atoms with Gasteiger partial charge in [0.15, 0.2) is 0 Å². The number of nitrogens with one attached hydrogen (secondary N) is 1. The van der Waals surface area contributed by atoms with Gasteiger partial charge in [-0.15, -0.1) is 11.3 Å². The van der Waals surface area contributed by atoms with Crippen LogP contribution < -0.4 is 4.72 Å². The first kappa shape index (κ1) is 20.6. The summed E-state index contributed by atoms with van der Waals surface area (Å²) in [6.07, 6.45) is 2.69. The molecule has 2 heterocycles. The Bertz CT molecular complexity index is 1010. The average molecular weight is 449 g/mol. The summed E-state index contributed by atoms with van der Waals surface area (Å²) in [5, 5.41) is 0. The van der Waals surface area contributed by atoms with Crippen molar-refractivity contribution in [2.45, 2.75) is 54.3 Å². The largest absolute Gasteiger partial charge is 0.279 e. The Morgan fingerprint density at radius 1 is 1.00 bits per heavy atom. The van der Waals surface area contributed by atoms with Gasteiger partial charge < -0.3 is 0 Å². The highest BCUT2D eigenvalue weighted by molar-refractivity contribution is 7.94. The van der Waals surface area contributed by atoms with Gasteiger partial charge in [0, 0.05) is 17.8 Å². The molecule has 10 heteroatoms. The van der Waals surface area contributed by atoms with E-state index in [0.717, 1.165) is 30.6 Å². The van der Waals surface area contributed by atoms with Crippen LogP contribution in [-0.4, -0.2) is 33.2 Å². The van der Waals surface area contributed by atoms with E-state index in [4.69, 9.17) is 11.6 Å². The second-order valence-electron chi connectivity index (χ2n) is 6.65. The van der Waals surface area contributed by atoms with Crippen molar-refractivity contribution in [2.75, 3.05) is 4.72 Å². The number of benzene rings is 1. The highest BCUT2D eigenvalue weighted by Crippen LogP contribution is 2.31. The average Bonchev–Trinajstić information content (AvgIpc) is 3.02. The molecule has 1 aromatic carbocycles. The Morgan fingerprint density at radius 2 is 1.59 bits per heavy atom. The van der Waals surface area contributed by atoms with Crippen LogP contribution in [0.15, 0.2) is 45.5 Å². The SMILES string of the molecule is C[C@@H]1CCC[C@@H](C)N1S(=O)(=O)c1ccc(NS(=O)(=O)c2ccc(Cl)s2)cc1. The lowest BCUT2D eigenvalue weighted by Crippen LogP contribution is -2.47. The Balaban J connectivity index is 1.83. The van der Waals surface area contributed by atoms with E-state index in [1.54, 1.807) is 4.31 Å². The first-order chi connectivity index (χ1) is 12.6. The summed E-state index contributed by atoms with van der Waals surface area (Å²) in [6, 6.07) is 8.61. The van der Waals surface area contributed by atoms with Gasteiger partial charge in [0.1, 0.15) is 4.21 Å².